The summed E-state index contributed by atoms with van der Waals surface area (Å²) >= 11 is 0. The minimum Gasteiger partial charge on any atom is -0.212 e. The minimum absolute atomic E-state index is 0.00566. The first kappa shape index (κ1) is 14.3. The van der Waals surface area contributed by atoms with Gasteiger partial charge in [-0.05, 0) is 30.4 Å². The molecule has 1 aliphatic heterocycles. The molecule has 3 rings (SSSR count). The Kier molecular flexibility index (Phi) is 4.08. The Labute approximate surface area is 126 Å². The normalized spacial score (nSPS) is 24.0. The van der Waals surface area contributed by atoms with E-state index in [1.54, 1.807) is 0 Å². The molecule has 0 saturated carbocycles. The molecule has 0 amide bonds. The molecule has 1 N–H and O–H groups in total. The highest BCUT2D eigenvalue weighted by atomic mass is 32.2. The van der Waals surface area contributed by atoms with Crippen molar-refractivity contribution < 1.29 is 8.42 Å². The van der Waals surface area contributed by atoms with Crippen LogP contribution in [-0.2, 0) is 22.9 Å². The number of rotatable bonds is 4. The highest BCUT2D eigenvalue weighted by Crippen LogP contribution is 2.23. The smallest absolute Gasteiger partial charge is 0.212 e. The molecule has 4 heteroatoms. The Balaban J connectivity index is 1.69. The summed E-state index contributed by atoms with van der Waals surface area (Å²) in [5.41, 5.74) is 2.25. The van der Waals surface area contributed by atoms with Crippen molar-refractivity contribution in [2.75, 3.05) is 0 Å². The van der Waals surface area contributed by atoms with Gasteiger partial charge in [0.1, 0.15) is 0 Å². The molecular weight excluding hydrogens is 282 g/mol. The summed E-state index contributed by atoms with van der Waals surface area (Å²) in [4.78, 5) is 0. The van der Waals surface area contributed by atoms with Crippen molar-refractivity contribution in [2.45, 2.75) is 30.6 Å². The molecule has 0 aliphatic carbocycles. The number of sulfonamides is 1. The number of nitrogens with one attached hydrogen (secondary N) is 1. The van der Waals surface area contributed by atoms with Gasteiger partial charge in [-0.3, -0.25) is 0 Å². The molecule has 110 valence electrons. The Morgan fingerprint density at radius 3 is 1.95 bits per heavy atom. The van der Waals surface area contributed by atoms with E-state index in [0.717, 1.165) is 12.0 Å². The van der Waals surface area contributed by atoms with Crippen LogP contribution in [0, 0.1) is 0 Å². The second kappa shape index (κ2) is 6.00. The van der Waals surface area contributed by atoms with Gasteiger partial charge in [-0.25, -0.2) is 13.1 Å². The van der Waals surface area contributed by atoms with Gasteiger partial charge in [0.2, 0.25) is 10.0 Å². The van der Waals surface area contributed by atoms with Gasteiger partial charge < -0.3 is 0 Å². The van der Waals surface area contributed by atoms with Crippen molar-refractivity contribution in [2.24, 2.45) is 0 Å². The van der Waals surface area contributed by atoms with Crippen molar-refractivity contribution >= 4 is 10.0 Å². The molecule has 2 unspecified atom stereocenters. The third-order valence-corrected chi connectivity index (χ3v) is 5.85. The Morgan fingerprint density at radius 2 is 1.38 bits per heavy atom. The van der Waals surface area contributed by atoms with E-state index in [9.17, 15) is 8.42 Å². The van der Waals surface area contributed by atoms with E-state index in [4.69, 9.17) is 0 Å². The van der Waals surface area contributed by atoms with Crippen LogP contribution in [0.5, 0.6) is 0 Å². The molecule has 3 nitrogen and oxygen atoms in total. The molecule has 0 spiro atoms. The van der Waals surface area contributed by atoms with Gasteiger partial charge >= 0.3 is 0 Å². The SMILES string of the molecule is O=S1(=O)NC(Cc2ccccc2)CC1Cc1ccccc1. The maximum Gasteiger partial charge on any atom is 0.215 e. The second-order valence-corrected chi connectivity index (χ2v) is 7.59. The molecule has 0 aromatic heterocycles. The summed E-state index contributed by atoms with van der Waals surface area (Å²) in [5, 5.41) is -0.325. The standard InChI is InChI=1S/C17H19NO2S/c19-21(20)17(12-15-9-5-2-6-10-15)13-16(18-21)11-14-7-3-1-4-8-14/h1-10,16-18H,11-13H2. The van der Waals surface area contributed by atoms with E-state index in [-0.39, 0.29) is 11.3 Å². The van der Waals surface area contributed by atoms with E-state index in [1.165, 1.54) is 5.56 Å². The van der Waals surface area contributed by atoms with Gasteiger partial charge in [0, 0.05) is 6.04 Å². The highest BCUT2D eigenvalue weighted by Gasteiger charge is 2.37. The molecule has 1 saturated heterocycles. The molecule has 0 radical (unpaired) electrons. The third kappa shape index (κ3) is 3.52. The van der Waals surface area contributed by atoms with E-state index >= 15 is 0 Å². The van der Waals surface area contributed by atoms with Crippen LogP contribution in [0.25, 0.3) is 0 Å². The molecule has 1 heterocycles. The number of hydrogen-bond acceptors (Lipinski definition) is 2. The van der Waals surface area contributed by atoms with E-state index in [0.29, 0.717) is 12.8 Å². The predicted molar refractivity (Wildman–Crippen MR) is 84.5 cm³/mol. The van der Waals surface area contributed by atoms with Gasteiger partial charge in [-0.2, -0.15) is 0 Å². The first-order valence-corrected chi connectivity index (χ1v) is 8.77. The average Bonchev–Trinajstić information content (AvgIpc) is 2.75. The first-order chi connectivity index (χ1) is 10.1. The largest absolute Gasteiger partial charge is 0.215 e. The quantitative estimate of drug-likeness (QED) is 0.943. The monoisotopic (exact) mass is 301 g/mol. The molecule has 21 heavy (non-hydrogen) atoms. The van der Waals surface area contributed by atoms with Crippen molar-refractivity contribution in [1.29, 1.82) is 0 Å². The molecule has 0 bridgehead atoms. The number of benzene rings is 2. The summed E-state index contributed by atoms with van der Waals surface area (Å²) in [6.45, 7) is 0. The van der Waals surface area contributed by atoms with Crippen LogP contribution in [0.3, 0.4) is 0 Å². The third-order valence-electron chi connectivity index (χ3n) is 3.95. The zero-order valence-electron chi connectivity index (χ0n) is 11.8. The molecular formula is C17H19NO2S. The van der Waals surface area contributed by atoms with Gasteiger partial charge in [0.05, 0.1) is 5.25 Å². The van der Waals surface area contributed by atoms with Crippen LogP contribution in [0.4, 0.5) is 0 Å². The molecule has 1 aliphatic rings. The topological polar surface area (TPSA) is 46.2 Å². The lowest BCUT2D eigenvalue weighted by atomic mass is 10.00. The molecule has 2 atom stereocenters. The fraction of sp³-hybridized carbons (Fsp3) is 0.294. The van der Waals surface area contributed by atoms with Gasteiger partial charge in [-0.1, -0.05) is 60.7 Å². The fourth-order valence-corrected chi connectivity index (χ4v) is 4.65. The predicted octanol–water partition coefficient (Wildman–Crippen LogP) is 2.53. The fourth-order valence-electron chi connectivity index (χ4n) is 2.91. The van der Waals surface area contributed by atoms with E-state index in [2.05, 4.69) is 4.72 Å². The lowest BCUT2D eigenvalue weighted by Gasteiger charge is -2.08. The van der Waals surface area contributed by atoms with Gasteiger partial charge in [0.25, 0.3) is 0 Å². The van der Waals surface area contributed by atoms with E-state index < -0.39 is 10.0 Å². The minimum atomic E-state index is -3.20. The van der Waals surface area contributed by atoms with Crippen molar-refractivity contribution in [3.8, 4) is 0 Å². The van der Waals surface area contributed by atoms with Crippen LogP contribution >= 0.6 is 0 Å². The van der Waals surface area contributed by atoms with Crippen LogP contribution in [-0.4, -0.2) is 19.7 Å². The van der Waals surface area contributed by atoms with Crippen LogP contribution in [0.1, 0.15) is 17.5 Å². The summed E-state index contributed by atoms with van der Waals surface area (Å²) in [6.07, 6.45) is 2.01. The second-order valence-electron chi connectivity index (χ2n) is 5.60. The number of hydrogen-bond donors (Lipinski definition) is 1. The van der Waals surface area contributed by atoms with E-state index in [1.807, 2.05) is 60.7 Å². The Hall–Kier alpha value is -1.65. The van der Waals surface area contributed by atoms with Crippen molar-refractivity contribution in [3.05, 3.63) is 71.8 Å². The molecule has 1 fully saturated rings. The first-order valence-electron chi connectivity index (χ1n) is 7.22. The van der Waals surface area contributed by atoms with Crippen molar-refractivity contribution in [3.63, 3.8) is 0 Å². The zero-order valence-corrected chi connectivity index (χ0v) is 12.6. The van der Waals surface area contributed by atoms with Crippen LogP contribution in [0.15, 0.2) is 60.7 Å². The molecule has 2 aromatic carbocycles. The summed E-state index contributed by atoms with van der Waals surface area (Å²) in [7, 11) is -3.20. The summed E-state index contributed by atoms with van der Waals surface area (Å²) < 4.78 is 27.3. The van der Waals surface area contributed by atoms with Gasteiger partial charge in [0.15, 0.2) is 0 Å². The Bertz CT molecular complexity index is 683. The van der Waals surface area contributed by atoms with Crippen molar-refractivity contribution in [1.82, 2.24) is 4.72 Å². The highest BCUT2D eigenvalue weighted by molar-refractivity contribution is 7.90. The summed E-state index contributed by atoms with van der Waals surface area (Å²) in [5.74, 6) is 0. The maximum absolute atomic E-state index is 12.3. The summed E-state index contributed by atoms with van der Waals surface area (Å²) in [6, 6.07) is 19.9. The van der Waals surface area contributed by atoms with Crippen LogP contribution < -0.4 is 4.72 Å². The zero-order chi connectivity index (χ0) is 14.7. The van der Waals surface area contributed by atoms with Gasteiger partial charge in [-0.15, -0.1) is 0 Å². The maximum atomic E-state index is 12.3. The lowest BCUT2D eigenvalue weighted by molar-refractivity contribution is 0.579. The Morgan fingerprint density at radius 1 is 0.857 bits per heavy atom. The molecule has 2 aromatic rings. The average molecular weight is 301 g/mol. The van der Waals surface area contributed by atoms with Crippen LogP contribution in [0.2, 0.25) is 0 Å². The lowest BCUT2D eigenvalue weighted by Crippen LogP contribution is -2.29.